The van der Waals surface area contributed by atoms with Crippen LogP contribution in [0, 0.1) is 5.92 Å². The number of hydrogen-bond donors (Lipinski definition) is 0. The molecule has 1 nitrogen and oxygen atoms in total. The van der Waals surface area contributed by atoms with Gasteiger partial charge in [0, 0.05) is 12.3 Å². The third kappa shape index (κ3) is 1.97. The summed E-state index contributed by atoms with van der Waals surface area (Å²) >= 11 is 0. The highest BCUT2D eigenvalue weighted by atomic mass is 16.1. The van der Waals surface area contributed by atoms with Crippen molar-refractivity contribution in [2.24, 2.45) is 5.92 Å². The van der Waals surface area contributed by atoms with Crippen LogP contribution >= 0.6 is 0 Å². The lowest BCUT2D eigenvalue weighted by Crippen LogP contribution is -2.09. The zero-order valence-corrected chi connectivity index (χ0v) is 7.70. The van der Waals surface area contributed by atoms with Crippen molar-refractivity contribution in [3.8, 4) is 0 Å². The van der Waals surface area contributed by atoms with Crippen LogP contribution in [0.2, 0.25) is 0 Å². The van der Waals surface area contributed by atoms with Crippen LogP contribution < -0.4 is 0 Å². The van der Waals surface area contributed by atoms with E-state index in [1.807, 2.05) is 12.2 Å². The van der Waals surface area contributed by atoms with Gasteiger partial charge in [-0.05, 0) is 24.8 Å². The highest BCUT2D eigenvalue weighted by Gasteiger charge is 2.15. The molecule has 0 spiro atoms. The maximum Gasteiger partial charge on any atom is 0.158 e. The van der Waals surface area contributed by atoms with Crippen molar-refractivity contribution in [2.45, 2.75) is 25.7 Å². The molecule has 1 saturated carbocycles. The number of ketones is 1. The van der Waals surface area contributed by atoms with Gasteiger partial charge in [-0.15, -0.1) is 0 Å². The summed E-state index contributed by atoms with van der Waals surface area (Å²) in [5.74, 6) is 0.733. The summed E-state index contributed by atoms with van der Waals surface area (Å²) in [4.78, 5) is 11.5. The van der Waals surface area contributed by atoms with Gasteiger partial charge >= 0.3 is 0 Å². The highest BCUT2D eigenvalue weighted by molar-refractivity contribution is 5.96. The minimum atomic E-state index is 0.361. The van der Waals surface area contributed by atoms with Gasteiger partial charge in [0.2, 0.25) is 0 Å². The molecule has 68 valence electrons. The molecular weight excluding hydrogens is 160 g/mol. The normalized spacial score (nSPS) is 26.2. The Labute approximate surface area is 78.8 Å². The van der Waals surface area contributed by atoms with E-state index in [4.69, 9.17) is 0 Å². The van der Waals surface area contributed by atoms with Gasteiger partial charge in [-0.25, -0.2) is 0 Å². The Balaban J connectivity index is 2.09. The lowest BCUT2D eigenvalue weighted by Gasteiger charge is -2.13. The third-order valence-electron chi connectivity index (χ3n) is 2.63. The van der Waals surface area contributed by atoms with Crippen molar-refractivity contribution >= 4 is 5.78 Å². The van der Waals surface area contributed by atoms with E-state index in [9.17, 15) is 4.79 Å². The van der Waals surface area contributed by atoms with Crippen LogP contribution in [0.25, 0.3) is 0 Å². The summed E-state index contributed by atoms with van der Waals surface area (Å²) in [6.07, 6.45) is 14.4. The van der Waals surface area contributed by atoms with Crippen molar-refractivity contribution in [2.75, 3.05) is 0 Å². The molecule has 0 heterocycles. The van der Waals surface area contributed by atoms with E-state index < -0.39 is 0 Å². The average Bonchev–Trinajstić information content (AvgIpc) is 2.61. The molecule has 0 aliphatic heterocycles. The SMILES string of the molecule is O=C1CCCC/C1=C/C1C=CC=C1. The molecule has 13 heavy (non-hydrogen) atoms. The molecule has 0 unspecified atom stereocenters. The number of hydrogen-bond acceptors (Lipinski definition) is 1. The van der Waals surface area contributed by atoms with Crippen molar-refractivity contribution < 1.29 is 4.79 Å². The molecule has 0 amide bonds. The largest absolute Gasteiger partial charge is 0.295 e. The number of rotatable bonds is 1. The molecule has 0 aromatic rings. The fourth-order valence-electron chi connectivity index (χ4n) is 1.87. The zero-order valence-electron chi connectivity index (χ0n) is 7.70. The van der Waals surface area contributed by atoms with Crippen LogP contribution in [0.3, 0.4) is 0 Å². The summed E-state index contributed by atoms with van der Waals surface area (Å²) in [5, 5.41) is 0. The third-order valence-corrected chi connectivity index (χ3v) is 2.63. The second-order valence-electron chi connectivity index (χ2n) is 3.67. The first kappa shape index (κ1) is 8.49. The second-order valence-corrected chi connectivity index (χ2v) is 3.67. The number of allylic oxidation sites excluding steroid dienone is 6. The van der Waals surface area contributed by atoms with Crippen LogP contribution in [0.1, 0.15) is 25.7 Å². The van der Waals surface area contributed by atoms with E-state index in [1.54, 1.807) is 0 Å². The monoisotopic (exact) mass is 174 g/mol. The van der Waals surface area contributed by atoms with E-state index >= 15 is 0 Å². The maximum atomic E-state index is 11.5. The Morgan fingerprint density at radius 1 is 1.15 bits per heavy atom. The van der Waals surface area contributed by atoms with E-state index in [0.29, 0.717) is 11.7 Å². The molecule has 0 aromatic heterocycles. The van der Waals surface area contributed by atoms with Crippen molar-refractivity contribution in [3.05, 3.63) is 36.0 Å². The van der Waals surface area contributed by atoms with Crippen LogP contribution in [0.5, 0.6) is 0 Å². The highest BCUT2D eigenvalue weighted by Crippen LogP contribution is 2.23. The summed E-state index contributed by atoms with van der Waals surface area (Å²) < 4.78 is 0. The van der Waals surface area contributed by atoms with Gasteiger partial charge in [0.15, 0.2) is 5.78 Å². The van der Waals surface area contributed by atoms with Crippen LogP contribution in [0.4, 0.5) is 0 Å². The molecule has 1 fully saturated rings. The van der Waals surface area contributed by atoms with Gasteiger partial charge in [0.25, 0.3) is 0 Å². The van der Waals surface area contributed by atoms with Gasteiger partial charge in [-0.2, -0.15) is 0 Å². The molecule has 2 rings (SSSR count). The molecule has 0 N–H and O–H groups in total. The summed E-state index contributed by atoms with van der Waals surface area (Å²) in [5.41, 5.74) is 1.05. The molecule has 1 heteroatoms. The van der Waals surface area contributed by atoms with Gasteiger partial charge in [0.1, 0.15) is 0 Å². The smallest absolute Gasteiger partial charge is 0.158 e. The number of carbonyl (C=O) groups excluding carboxylic acids is 1. The lowest BCUT2D eigenvalue weighted by molar-refractivity contribution is -0.116. The first-order valence-corrected chi connectivity index (χ1v) is 4.95. The van der Waals surface area contributed by atoms with Crippen LogP contribution in [-0.2, 0) is 4.79 Å². The Morgan fingerprint density at radius 3 is 2.54 bits per heavy atom. The Morgan fingerprint density at radius 2 is 1.85 bits per heavy atom. The fraction of sp³-hybridized carbons (Fsp3) is 0.417. The number of Topliss-reactive ketones (excluding diaryl/α,β-unsaturated/α-hetero) is 1. The standard InChI is InChI=1S/C12H14O/c13-12-8-4-3-7-11(12)9-10-5-1-2-6-10/h1-2,5-6,9-10H,3-4,7-8H2/b11-9-. The molecule has 2 aliphatic carbocycles. The van der Waals surface area contributed by atoms with Gasteiger partial charge in [0.05, 0.1) is 0 Å². The summed E-state index contributed by atoms with van der Waals surface area (Å²) in [6, 6.07) is 0. The topological polar surface area (TPSA) is 17.1 Å². The lowest BCUT2D eigenvalue weighted by atomic mass is 9.91. The Kier molecular flexibility index (Phi) is 2.44. The average molecular weight is 174 g/mol. The van der Waals surface area contributed by atoms with Gasteiger partial charge in [-0.1, -0.05) is 30.4 Å². The van der Waals surface area contributed by atoms with E-state index in [1.165, 1.54) is 6.42 Å². The predicted octanol–water partition coefficient (Wildman–Crippen LogP) is 2.80. The molecule has 2 aliphatic rings. The summed E-state index contributed by atoms with van der Waals surface area (Å²) in [6.45, 7) is 0. The Bertz CT molecular complexity index is 282. The Hall–Kier alpha value is -1.11. The predicted molar refractivity (Wildman–Crippen MR) is 53.3 cm³/mol. The fourth-order valence-corrected chi connectivity index (χ4v) is 1.87. The minimum Gasteiger partial charge on any atom is -0.295 e. The van der Waals surface area contributed by atoms with Gasteiger partial charge in [-0.3, -0.25) is 4.79 Å². The molecule has 0 radical (unpaired) electrons. The molecule has 0 atom stereocenters. The quantitative estimate of drug-likeness (QED) is 0.559. The zero-order chi connectivity index (χ0) is 9.10. The first-order chi connectivity index (χ1) is 6.36. The molecule has 0 bridgehead atoms. The van der Waals surface area contributed by atoms with Crippen LogP contribution in [0.15, 0.2) is 36.0 Å². The van der Waals surface area contributed by atoms with E-state index in [-0.39, 0.29) is 0 Å². The molecule has 0 aromatic carbocycles. The maximum absolute atomic E-state index is 11.5. The molecule has 0 saturated heterocycles. The van der Waals surface area contributed by atoms with Crippen molar-refractivity contribution in [3.63, 3.8) is 0 Å². The van der Waals surface area contributed by atoms with Crippen molar-refractivity contribution in [1.82, 2.24) is 0 Å². The van der Waals surface area contributed by atoms with E-state index in [0.717, 1.165) is 24.8 Å². The van der Waals surface area contributed by atoms with Gasteiger partial charge < -0.3 is 0 Å². The minimum absolute atomic E-state index is 0.361. The second kappa shape index (κ2) is 3.73. The van der Waals surface area contributed by atoms with Crippen molar-refractivity contribution in [1.29, 1.82) is 0 Å². The number of carbonyl (C=O) groups is 1. The van der Waals surface area contributed by atoms with Crippen LogP contribution in [-0.4, -0.2) is 5.78 Å². The first-order valence-electron chi connectivity index (χ1n) is 4.95. The van der Waals surface area contributed by atoms with E-state index in [2.05, 4.69) is 18.2 Å². The molecular formula is C12H14O. The summed E-state index contributed by atoms with van der Waals surface area (Å²) in [7, 11) is 0.